The van der Waals surface area contributed by atoms with Crippen molar-refractivity contribution in [3.8, 4) is 5.75 Å². The Bertz CT molecular complexity index is 716. The summed E-state index contributed by atoms with van der Waals surface area (Å²) in [6.07, 6.45) is 3.62. The molecule has 0 spiro atoms. The number of carbonyl (C=O) groups excluding carboxylic acids is 2. The summed E-state index contributed by atoms with van der Waals surface area (Å²) in [5.41, 5.74) is 4.00. The van der Waals surface area contributed by atoms with Gasteiger partial charge in [-0.15, -0.1) is 0 Å². The molecule has 2 rings (SSSR count). The van der Waals surface area contributed by atoms with Gasteiger partial charge in [0, 0.05) is 19.1 Å². The third-order valence-corrected chi connectivity index (χ3v) is 2.99. The maximum Gasteiger partial charge on any atom is 0.308 e. The number of hydrogen-bond donors (Lipinski definition) is 1. The molecule has 0 bridgehead atoms. The fourth-order valence-electron chi connectivity index (χ4n) is 1.88. The van der Waals surface area contributed by atoms with Gasteiger partial charge in [0.25, 0.3) is 0 Å². The van der Waals surface area contributed by atoms with Crippen molar-refractivity contribution in [1.29, 1.82) is 0 Å². The van der Waals surface area contributed by atoms with Crippen LogP contribution in [0.5, 0.6) is 5.75 Å². The maximum absolute atomic E-state index is 11.8. The Morgan fingerprint density at radius 1 is 1.08 bits per heavy atom. The number of esters is 1. The van der Waals surface area contributed by atoms with E-state index in [1.807, 2.05) is 30.6 Å². The summed E-state index contributed by atoms with van der Waals surface area (Å²) in [6, 6.07) is 12.5. The average Bonchev–Trinajstić information content (AvgIpc) is 2.54. The normalized spacial score (nSPS) is 10.5. The number of carbonyl (C=O) groups is 2. The molecule has 6 nitrogen and oxygen atoms in total. The van der Waals surface area contributed by atoms with E-state index in [4.69, 9.17) is 4.74 Å². The van der Waals surface area contributed by atoms with E-state index in [1.54, 1.807) is 35.8 Å². The number of aromatic nitrogens is 1. The van der Waals surface area contributed by atoms with E-state index >= 15 is 0 Å². The first kappa shape index (κ1) is 19.3. The number of hydrogen-bond acceptors (Lipinski definition) is 4. The van der Waals surface area contributed by atoms with Crippen molar-refractivity contribution in [3.05, 3.63) is 60.4 Å². The monoisotopic (exact) mass is 347 g/mol. The number of nitrogens with zero attached hydrogens (tertiary/aromatic N) is 2. The average molecular weight is 348 g/mol. The molecule has 1 aromatic heterocycles. The van der Waals surface area contributed by atoms with Gasteiger partial charge in [0.15, 0.2) is 12.4 Å². The minimum Gasteiger partial charge on any atom is -1.00 e. The van der Waals surface area contributed by atoms with E-state index in [2.05, 4.69) is 10.5 Å². The summed E-state index contributed by atoms with van der Waals surface area (Å²) in [5, 5.41) is 4.08. The first-order chi connectivity index (χ1) is 11.0. The van der Waals surface area contributed by atoms with Crippen molar-refractivity contribution >= 4 is 17.6 Å². The lowest BCUT2D eigenvalue weighted by molar-refractivity contribution is -0.684. The molecule has 1 heterocycles. The van der Waals surface area contributed by atoms with Crippen LogP contribution in [0.15, 0.2) is 60.0 Å². The smallest absolute Gasteiger partial charge is 0.308 e. The molecule has 0 aliphatic heterocycles. The van der Waals surface area contributed by atoms with Crippen LogP contribution >= 0.6 is 0 Å². The van der Waals surface area contributed by atoms with Crippen molar-refractivity contribution in [2.75, 3.05) is 0 Å². The second-order valence-corrected chi connectivity index (χ2v) is 4.90. The van der Waals surface area contributed by atoms with E-state index in [-0.39, 0.29) is 30.8 Å². The molecule has 0 saturated carbocycles. The van der Waals surface area contributed by atoms with E-state index < -0.39 is 0 Å². The number of ether oxygens (including phenoxy) is 1. The Labute approximate surface area is 146 Å². The molecule has 24 heavy (non-hydrogen) atoms. The second kappa shape index (κ2) is 9.42. The largest absolute Gasteiger partial charge is 1.00 e. The third-order valence-electron chi connectivity index (χ3n) is 2.99. The highest BCUT2D eigenvalue weighted by atomic mass is 35.5. The summed E-state index contributed by atoms with van der Waals surface area (Å²) < 4.78 is 6.72. The molecule has 126 valence electrons. The van der Waals surface area contributed by atoms with Gasteiger partial charge in [-0.05, 0) is 36.8 Å². The number of amides is 1. The van der Waals surface area contributed by atoms with Gasteiger partial charge in [0.05, 0.1) is 5.71 Å². The molecule has 0 fully saturated rings. The molecule has 0 radical (unpaired) electrons. The number of pyridine rings is 1. The summed E-state index contributed by atoms with van der Waals surface area (Å²) in [5.74, 6) is -0.107. The molecule has 0 aliphatic rings. The van der Waals surface area contributed by atoms with E-state index in [9.17, 15) is 9.59 Å². The molecule has 2 aromatic rings. The van der Waals surface area contributed by atoms with Crippen molar-refractivity contribution in [2.45, 2.75) is 20.4 Å². The molecule has 1 N–H and O–H groups in total. The van der Waals surface area contributed by atoms with Crippen molar-refractivity contribution in [2.24, 2.45) is 5.10 Å². The Morgan fingerprint density at radius 2 is 1.71 bits per heavy atom. The summed E-state index contributed by atoms with van der Waals surface area (Å²) in [4.78, 5) is 22.7. The van der Waals surface area contributed by atoms with Crippen molar-refractivity contribution in [3.63, 3.8) is 0 Å². The van der Waals surface area contributed by atoms with Crippen LogP contribution in [-0.4, -0.2) is 17.6 Å². The SMILES string of the molecule is CC(=O)Oc1ccc(C(C)=NNC(=O)C[n+]2ccccc2)cc1.[Cl-]. The van der Waals surface area contributed by atoms with Gasteiger partial charge in [0.2, 0.25) is 6.54 Å². The van der Waals surface area contributed by atoms with Gasteiger partial charge in [-0.25, -0.2) is 5.43 Å². The Hall–Kier alpha value is -2.73. The fourth-order valence-corrected chi connectivity index (χ4v) is 1.88. The van der Waals surface area contributed by atoms with Crippen molar-refractivity contribution < 1.29 is 31.3 Å². The minimum atomic E-state index is -0.367. The minimum absolute atomic E-state index is 0. The number of benzene rings is 1. The lowest BCUT2D eigenvalue weighted by atomic mass is 10.1. The van der Waals surface area contributed by atoms with Gasteiger partial charge in [-0.1, -0.05) is 6.07 Å². The fraction of sp³-hybridized carbons (Fsp3) is 0.176. The Morgan fingerprint density at radius 3 is 2.29 bits per heavy atom. The van der Waals surface area contributed by atoms with Crippen LogP contribution < -0.4 is 27.1 Å². The Kier molecular flexibility index (Phi) is 7.58. The number of rotatable bonds is 5. The number of halogens is 1. The summed E-state index contributed by atoms with van der Waals surface area (Å²) >= 11 is 0. The van der Waals surface area contributed by atoms with Gasteiger partial charge in [-0.2, -0.15) is 9.67 Å². The third kappa shape index (κ3) is 6.18. The molecule has 0 aliphatic carbocycles. The van der Waals surface area contributed by atoms with E-state index in [0.717, 1.165) is 5.56 Å². The molecular weight excluding hydrogens is 330 g/mol. The zero-order valence-electron chi connectivity index (χ0n) is 13.4. The van der Waals surface area contributed by atoms with Crippen LogP contribution in [0, 0.1) is 0 Å². The Balaban J connectivity index is 0.00000288. The summed E-state index contributed by atoms with van der Waals surface area (Å²) in [7, 11) is 0. The first-order valence-corrected chi connectivity index (χ1v) is 7.10. The standard InChI is InChI=1S/C17H17N3O3.ClH/c1-13(15-6-8-16(9-7-15)23-14(2)21)18-19-17(22)12-20-10-4-3-5-11-20;/h3-11H,12H2,1-2H3;1H. The van der Waals surface area contributed by atoms with Crippen molar-refractivity contribution in [1.82, 2.24) is 5.43 Å². The topological polar surface area (TPSA) is 71.6 Å². The van der Waals surface area contributed by atoms with Crippen LogP contribution in [0.2, 0.25) is 0 Å². The maximum atomic E-state index is 11.8. The number of hydrazone groups is 1. The lowest BCUT2D eigenvalue weighted by Crippen LogP contribution is -3.00. The first-order valence-electron chi connectivity index (χ1n) is 7.10. The highest BCUT2D eigenvalue weighted by Gasteiger charge is 2.07. The van der Waals surface area contributed by atoms with Crippen LogP contribution in [0.1, 0.15) is 19.4 Å². The molecule has 0 unspecified atom stereocenters. The van der Waals surface area contributed by atoms with E-state index in [0.29, 0.717) is 11.5 Å². The highest BCUT2D eigenvalue weighted by molar-refractivity contribution is 5.99. The number of nitrogens with one attached hydrogen (secondary N) is 1. The van der Waals surface area contributed by atoms with Crippen LogP contribution in [0.4, 0.5) is 0 Å². The van der Waals surface area contributed by atoms with Gasteiger partial charge in [0.1, 0.15) is 5.75 Å². The quantitative estimate of drug-likeness (QED) is 0.234. The van der Waals surface area contributed by atoms with Crippen LogP contribution in [0.25, 0.3) is 0 Å². The molecule has 0 saturated heterocycles. The van der Waals surface area contributed by atoms with Gasteiger partial charge < -0.3 is 17.1 Å². The van der Waals surface area contributed by atoms with Gasteiger partial charge >= 0.3 is 11.9 Å². The van der Waals surface area contributed by atoms with E-state index in [1.165, 1.54) is 6.92 Å². The molecule has 0 atom stereocenters. The predicted molar refractivity (Wildman–Crippen MR) is 84.7 cm³/mol. The molecule has 1 amide bonds. The lowest BCUT2D eigenvalue weighted by Gasteiger charge is -2.04. The zero-order chi connectivity index (χ0) is 16.7. The second-order valence-electron chi connectivity index (χ2n) is 4.90. The molecule has 7 heteroatoms. The molecule has 1 aromatic carbocycles. The van der Waals surface area contributed by atoms with Crippen LogP contribution in [0.3, 0.4) is 0 Å². The zero-order valence-corrected chi connectivity index (χ0v) is 14.2. The molecular formula is C17H18ClN3O3. The highest BCUT2D eigenvalue weighted by Crippen LogP contribution is 2.12. The van der Waals surface area contributed by atoms with Crippen LogP contribution in [-0.2, 0) is 16.1 Å². The predicted octanol–water partition coefficient (Wildman–Crippen LogP) is -1.56. The summed E-state index contributed by atoms with van der Waals surface area (Å²) in [6.45, 7) is 3.33. The van der Waals surface area contributed by atoms with Gasteiger partial charge in [-0.3, -0.25) is 9.59 Å².